The minimum Gasteiger partial charge on any atom is -0.279 e. The topological polar surface area (TPSA) is 70.0 Å². The van der Waals surface area contributed by atoms with E-state index < -0.39 is 10.0 Å². The molecule has 108 valence electrons. The van der Waals surface area contributed by atoms with Gasteiger partial charge in [-0.3, -0.25) is 4.72 Å². The number of rotatable bonds is 3. The molecule has 0 unspecified atom stereocenters. The number of sulfonamides is 1. The minimum absolute atomic E-state index is 0.171. The zero-order chi connectivity index (χ0) is 15.6. The molecular formula is C14H10ClIN2O2S. The summed E-state index contributed by atoms with van der Waals surface area (Å²) in [6.45, 7) is 1.88. The Kier molecular flexibility index (Phi) is 4.76. The van der Waals surface area contributed by atoms with Crippen LogP contribution < -0.4 is 4.72 Å². The fraction of sp³-hybridized carbons (Fsp3) is 0.0714. The van der Waals surface area contributed by atoms with Gasteiger partial charge in [0.25, 0.3) is 10.0 Å². The summed E-state index contributed by atoms with van der Waals surface area (Å²) in [5, 5.41) is 9.10. The minimum atomic E-state index is -3.69. The molecule has 2 rings (SSSR count). The number of nitriles is 1. The molecule has 0 spiro atoms. The van der Waals surface area contributed by atoms with Crippen molar-refractivity contribution in [1.82, 2.24) is 0 Å². The molecule has 0 fully saturated rings. The van der Waals surface area contributed by atoms with E-state index in [1.165, 1.54) is 24.3 Å². The van der Waals surface area contributed by atoms with Gasteiger partial charge in [-0.2, -0.15) is 5.26 Å². The predicted molar refractivity (Wildman–Crippen MR) is 90.9 cm³/mol. The number of nitrogens with zero attached hydrogens (tertiary/aromatic N) is 1. The highest BCUT2D eigenvalue weighted by Gasteiger charge is 2.16. The summed E-state index contributed by atoms with van der Waals surface area (Å²) in [5.74, 6) is 0. The molecule has 21 heavy (non-hydrogen) atoms. The monoisotopic (exact) mass is 432 g/mol. The maximum Gasteiger partial charge on any atom is 0.261 e. The lowest BCUT2D eigenvalue weighted by atomic mass is 10.2. The molecule has 7 heteroatoms. The van der Waals surface area contributed by atoms with Crippen LogP contribution in [-0.4, -0.2) is 8.42 Å². The smallest absolute Gasteiger partial charge is 0.261 e. The van der Waals surface area contributed by atoms with Crippen LogP contribution in [0.4, 0.5) is 5.69 Å². The van der Waals surface area contributed by atoms with Gasteiger partial charge in [-0.1, -0.05) is 29.3 Å². The lowest BCUT2D eigenvalue weighted by molar-refractivity contribution is 0.601. The maximum absolute atomic E-state index is 12.3. The van der Waals surface area contributed by atoms with E-state index in [2.05, 4.69) is 4.72 Å². The van der Waals surface area contributed by atoms with E-state index in [4.69, 9.17) is 16.9 Å². The number of nitrogens with one attached hydrogen (secondary N) is 1. The third-order valence-electron chi connectivity index (χ3n) is 2.75. The first-order valence-electron chi connectivity index (χ1n) is 5.82. The molecular weight excluding hydrogens is 423 g/mol. The zero-order valence-electron chi connectivity index (χ0n) is 10.9. The van der Waals surface area contributed by atoms with Crippen molar-refractivity contribution < 1.29 is 8.42 Å². The Labute approximate surface area is 141 Å². The van der Waals surface area contributed by atoms with Gasteiger partial charge < -0.3 is 0 Å². The van der Waals surface area contributed by atoms with Gasteiger partial charge in [0.15, 0.2) is 0 Å². The number of hydrogen-bond acceptors (Lipinski definition) is 3. The summed E-state index contributed by atoms with van der Waals surface area (Å²) >= 11 is 7.89. The standard InChI is InChI=1S/C14H10ClIN2O2S/c1-9-2-4-11(5-3-9)21(19,20)18-14-7-12(15)10(8-17)6-13(14)16/h2-7,18H,1H3. The Balaban J connectivity index is 2.40. The molecule has 0 aliphatic rings. The van der Waals surface area contributed by atoms with Crippen molar-refractivity contribution in [2.24, 2.45) is 0 Å². The van der Waals surface area contributed by atoms with Crippen LogP contribution in [0.3, 0.4) is 0 Å². The Morgan fingerprint density at radius 2 is 1.86 bits per heavy atom. The molecule has 2 aromatic rings. The van der Waals surface area contributed by atoms with Gasteiger partial charge in [0, 0.05) is 3.57 Å². The van der Waals surface area contributed by atoms with Crippen LogP contribution in [0.1, 0.15) is 11.1 Å². The summed E-state index contributed by atoms with van der Waals surface area (Å²) in [5.41, 5.74) is 1.63. The molecule has 0 aliphatic heterocycles. The summed E-state index contributed by atoms with van der Waals surface area (Å²) in [4.78, 5) is 0.171. The molecule has 0 aliphatic carbocycles. The van der Waals surface area contributed by atoms with Gasteiger partial charge in [0.05, 0.1) is 21.2 Å². The fourth-order valence-corrected chi connectivity index (χ4v) is 3.69. The van der Waals surface area contributed by atoms with Crippen LogP contribution in [0.5, 0.6) is 0 Å². The highest BCUT2D eigenvalue weighted by atomic mass is 127. The molecule has 2 aromatic carbocycles. The molecule has 0 saturated carbocycles. The fourth-order valence-electron chi connectivity index (χ4n) is 1.63. The van der Waals surface area contributed by atoms with Gasteiger partial charge in [-0.25, -0.2) is 8.42 Å². The van der Waals surface area contributed by atoms with Crippen molar-refractivity contribution in [3.63, 3.8) is 0 Å². The number of aryl methyl sites for hydroxylation is 1. The largest absolute Gasteiger partial charge is 0.279 e. The first-order chi connectivity index (χ1) is 9.83. The molecule has 0 saturated heterocycles. The van der Waals surface area contributed by atoms with Crippen LogP contribution in [0.25, 0.3) is 0 Å². The summed E-state index contributed by atoms with van der Waals surface area (Å²) in [7, 11) is -3.69. The van der Waals surface area contributed by atoms with Gasteiger partial charge in [-0.15, -0.1) is 0 Å². The van der Waals surface area contributed by atoms with Crippen LogP contribution >= 0.6 is 34.2 Å². The highest BCUT2D eigenvalue weighted by molar-refractivity contribution is 14.1. The molecule has 0 radical (unpaired) electrons. The molecule has 0 heterocycles. The third kappa shape index (κ3) is 3.67. The normalized spacial score (nSPS) is 11.0. The predicted octanol–water partition coefficient (Wildman–Crippen LogP) is 3.93. The molecule has 4 nitrogen and oxygen atoms in total. The second kappa shape index (κ2) is 6.22. The van der Waals surface area contributed by atoms with E-state index in [1.807, 2.05) is 35.6 Å². The van der Waals surface area contributed by atoms with Crippen molar-refractivity contribution in [1.29, 1.82) is 5.26 Å². The Bertz CT molecular complexity index is 827. The van der Waals surface area contributed by atoms with Crippen molar-refractivity contribution in [3.8, 4) is 6.07 Å². The summed E-state index contributed by atoms with van der Waals surface area (Å²) in [6, 6.07) is 11.5. The zero-order valence-corrected chi connectivity index (χ0v) is 14.6. The van der Waals surface area contributed by atoms with Crippen molar-refractivity contribution in [2.75, 3.05) is 4.72 Å². The van der Waals surface area contributed by atoms with Crippen molar-refractivity contribution in [2.45, 2.75) is 11.8 Å². The number of hydrogen-bond donors (Lipinski definition) is 1. The van der Waals surface area contributed by atoms with Crippen LogP contribution in [0.2, 0.25) is 5.02 Å². The quantitative estimate of drug-likeness (QED) is 0.747. The van der Waals surface area contributed by atoms with Crippen molar-refractivity contribution >= 4 is 49.9 Å². The maximum atomic E-state index is 12.3. The molecule has 0 atom stereocenters. The number of halogens is 2. The van der Waals surface area contributed by atoms with Gasteiger partial charge >= 0.3 is 0 Å². The number of benzene rings is 2. The first-order valence-corrected chi connectivity index (χ1v) is 8.76. The lowest BCUT2D eigenvalue weighted by Crippen LogP contribution is -2.14. The van der Waals surface area contributed by atoms with Gasteiger partial charge in [-0.05, 0) is 53.8 Å². The second-order valence-electron chi connectivity index (χ2n) is 4.34. The van der Waals surface area contributed by atoms with E-state index in [1.54, 1.807) is 12.1 Å². The van der Waals surface area contributed by atoms with Crippen LogP contribution in [0.15, 0.2) is 41.3 Å². The Morgan fingerprint density at radius 1 is 1.24 bits per heavy atom. The Morgan fingerprint density at radius 3 is 2.43 bits per heavy atom. The first kappa shape index (κ1) is 16.1. The lowest BCUT2D eigenvalue weighted by Gasteiger charge is -2.11. The van der Waals surface area contributed by atoms with Gasteiger partial charge in [0.2, 0.25) is 0 Å². The van der Waals surface area contributed by atoms with E-state index >= 15 is 0 Å². The van der Waals surface area contributed by atoms with Crippen LogP contribution in [-0.2, 0) is 10.0 Å². The van der Waals surface area contributed by atoms with E-state index in [0.29, 0.717) is 14.8 Å². The van der Waals surface area contributed by atoms with E-state index in [-0.39, 0.29) is 9.92 Å². The number of anilines is 1. The summed E-state index contributed by atoms with van der Waals surface area (Å²) < 4.78 is 27.7. The van der Waals surface area contributed by atoms with E-state index in [0.717, 1.165) is 5.56 Å². The Hall–Kier alpha value is -1.30. The molecule has 1 N–H and O–H groups in total. The average Bonchev–Trinajstić information content (AvgIpc) is 2.42. The third-order valence-corrected chi connectivity index (χ3v) is 5.34. The highest BCUT2D eigenvalue weighted by Crippen LogP contribution is 2.28. The van der Waals surface area contributed by atoms with Gasteiger partial charge in [0.1, 0.15) is 6.07 Å². The summed E-state index contributed by atoms with van der Waals surface area (Å²) in [6.07, 6.45) is 0. The average molecular weight is 433 g/mol. The SMILES string of the molecule is Cc1ccc(S(=O)(=O)Nc2cc(Cl)c(C#N)cc2I)cc1. The second-order valence-corrected chi connectivity index (χ2v) is 7.59. The molecule has 0 aromatic heterocycles. The van der Waals surface area contributed by atoms with Crippen LogP contribution in [0, 0.1) is 21.8 Å². The van der Waals surface area contributed by atoms with E-state index in [9.17, 15) is 8.42 Å². The van der Waals surface area contributed by atoms with Crippen molar-refractivity contribution in [3.05, 3.63) is 56.1 Å². The molecule has 0 amide bonds. The molecule has 0 bridgehead atoms.